The Morgan fingerprint density at radius 2 is 2.04 bits per heavy atom. The number of anilines is 1. The van der Waals surface area contributed by atoms with Crippen LogP contribution in [0.4, 0.5) is 10.6 Å². The molecule has 1 saturated heterocycles. The zero-order chi connectivity index (χ0) is 18.6. The number of hydrogen-bond acceptors (Lipinski definition) is 5. The summed E-state index contributed by atoms with van der Waals surface area (Å²) in [4.78, 5) is 23.3. The molecule has 0 saturated carbocycles. The van der Waals surface area contributed by atoms with Gasteiger partial charge in [-0.05, 0) is 39.7 Å². The third-order valence-electron chi connectivity index (χ3n) is 4.23. The highest BCUT2D eigenvalue weighted by atomic mass is 16.6. The molecule has 0 spiro atoms. The summed E-state index contributed by atoms with van der Waals surface area (Å²) >= 11 is 0. The standard InChI is InChI=1S/C20H26N4O2/c1-20(2,3)26-19(25)22-14-16-10-7-13-24(16)17-11-12-21-18(23-17)15-8-5-4-6-9-15/h4-6,8-9,11-12,16H,7,10,13-14H2,1-3H3,(H,22,25)/t16-/m1/s1. The Kier molecular flexibility index (Phi) is 5.40. The van der Waals surface area contributed by atoms with Crippen LogP contribution in [0.3, 0.4) is 0 Å². The van der Waals surface area contributed by atoms with Crippen LogP contribution in [0.25, 0.3) is 11.4 Å². The number of ether oxygens (including phenoxy) is 1. The van der Waals surface area contributed by atoms with E-state index in [1.54, 1.807) is 6.20 Å². The maximum Gasteiger partial charge on any atom is 0.407 e. The molecule has 0 bridgehead atoms. The smallest absolute Gasteiger partial charge is 0.407 e. The van der Waals surface area contributed by atoms with E-state index >= 15 is 0 Å². The summed E-state index contributed by atoms with van der Waals surface area (Å²) in [5, 5.41) is 2.88. The summed E-state index contributed by atoms with van der Waals surface area (Å²) < 4.78 is 5.32. The SMILES string of the molecule is CC(C)(C)OC(=O)NC[C@H]1CCCN1c1ccnc(-c2ccccc2)n1. The molecule has 1 atom stereocenters. The van der Waals surface area contributed by atoms with Crippen LogP contribution in [0.5, 0.6) is 0 Å². The highest BCUT2D eigenvalue weighted by Crippen LogP contribution is 2.25. The lowest BCUT2D eigenvalue weighted by Gasteiger charge is -2.27. The van der Waals surface area contributed by atoms with Crippen molar-refractivity contribution in [3.63, 3.8) is 0 Å². The van der Waals surface area contributed by atoms with Gasteiger partial charge >= 0.3 is 6.09 Å². The molecule has 0 unspecified atom stereocenters. The predicted molar refractivity (Wildman–Crippen MR) is 102 cm³/mol. The van der Waals surface area contributed by atoms with Gasteiger partial charge in [-0.3, -0.25) is 0 Å². The molecule has 6 heteroatoms. The number of nitrogens with zero attached hydrogens (tertiary/aromatic N) is 3. The molecule has 0 radical (unpaired) electrons. The number of rotatable bonds is 4. The zero-order valence-electron chi connectivity index (χ0n) is 15.6. The van der Waals surface area contributed by atoms with Crippen molar-refractivity contribution in [2.75, 3.05) is 18.0 Å². The molecule has 26 heavy (non-hydrogen) atoms. The van der Waals surface area contributed by atoms with Crippen molar-refractivity contribution in [3.05, 3.63) is 42.6 Å². The second-order valence-corrected chi connectivity index (χ2v) is 7.48. The second-order valence-electron chi connectivity index (χ2n) is 7.48. The van der Waals surface area contributed by atoms with E-state index in [4.69, 9.17) is 9.72 Å². The van der Waals surface area contributed by atoms with Gasteiger partial charge in [0, 0.05) is 30.9 Å². The van der Waals surface area contributed by atoms with E-state index in [0.717, 1.165) is 30.8 Å². The molecule has 2 heterocycles. The fraction of sp³-hybridized carbons (Fsp3) is 0.450. The highest BCUT2D eigenvalue weighted by Gasteiger charge is 2.27. The van der Waals surface area contributed by atoms with Crippen molar-refractivity contribution in [2.24, 2.45) is 0 Å². The van der Waals surface area contributed by atoms with Gasteiger partial charge in [0.1, 0.15) is 11.4 Å². The number of hydrogen-bond donors (Lipinski definition) is 1. The Morgan fingerprint density at radius 1 is 1.27 bits per heavy atom. The Bertz CT molecular complexity index is 743. The van der Waals surface area contributed by atoms with Gasteiger partial charge < -0.3 is 15.0 Å². The van der Waals surface area contributed by atoms with Crippen LogP contribution in [-0.2, 0) is 4.74 Å². The average molecular weight is 354 g/mol. The zero-order valence-corrected chi connectivity index (χ0v) is 15.6. The van der Waals surface area contributed by atoms with E-state index in [-0.39, 0.29) is 12.1 Å². The number of carbonyl (C=O) groups excluding carboxylic acids is 1. The monoisotopic (exact) mass is 354 g/mol. The largest absolute Gasteiger partial charge is 0.444 e. The van der Waals surface area contributed by atoms with Gasteiger partial charge in [0.25, 0.3) is 0 Å². The quantitative estimate of drug-likeness (QED) is 0.908. The first-order valence-corrected chi connectivity index (χ1v) is 9.04. The van der Waals surface area contributed by atoms with Crippen molar-refractivity contribution < 1.29 is 9.53 Å². The van der Waals surface area contributed by atoms with E-state index in [2.05, 4.69) is 15.2 Å². The summed E-state index contributed by atoms with van der Waals surface area (Å²) in [6.45, 7) is 7.05. The third kappa shape index (κ3) is 4.71. The van der Waals surface area contributed by atoms with Gasteiger partial charge in [-0.25, -0.2) is 14.8 Å². The number of nitrogens with one attached hydrogen (secondary N) is 1. The van der Waals surface area contributed by atoms with Gasteiger partial charge in [-0.15, -0.1) is 0 Å². The molecule has 1 aliphatic rings. The van der Waals surface area contributed by atoms with Crippen molar-refractivity contribution >= 4 is 11.9 Å². The Labute approximate surface area is 154 Å². The molecule has 6 nitrogen and oxygen atoms in total. The van der Waals surface area contributed by atoms with Crippen LogP contribution in [0, 0.1) is 0 Å². The summed E-state index contributed by atoms with van der Waals surface area (Å²) in [6.07, 6.45) is 3.50. The van der Waals surface area contributed by atoms with Gasteiger partial charge in [0.2, 0.25) is 0 Å². The van der Waals surface area contributed by atoms with Crippen molar-refractivity contribution in [1.82, 2.24) is 15.3 Å². The molecule has 0 aliphatic carbocycles. The van der Waals surface area contributed by atoms with Gasteiger partial charge in [0.05, 0.1) is 0 Å². The average Bonchev–Trinajstić information content (AvgIpc) is 3.08. The number of aromatic nitrogens is 2. The number of benzene rings is 1. The van der Waals surface area contributed by atoms with Gasteiger partial charge in [-0.1, -0.05) is 30.3 Å². The minimum atomic E-state index is -0.489. The van der Waals surface area contributed by atoms with Gasteiger partial charge in [0.15, 0.2) is 5.82 Å². The van der Waals surface area contributed by atoms with Crippen LogP contribution in [-0.4, -0.2) is 40.8 Å². The number of alkyl carbamates (subject to hydrolysis) is 1. The summed E-state index contributed by atoms with van der Waals surface area (Å²) in [5.41, 5.74) is 0.508. The van der Waals surface area contributed by atoms with Crippen molar-refractivity contribution in [2.45, 2.75) is 45.3 Å². The molecular formula is C20H26N4O2. The fourth-order valence-electron chi connectivity index (χ4n) is 3.10. The molecular weight excluding hydrogens is 328 g/mol. The van der Waals surface area contributed by atoms with Crippen LogP contribution in [0.1, 0.15) is 33.6 Å². The lowest BCUT2D eigenvalue weighted by atomic mass is 10.2. The van der Waals surface area contributed by atoms with Crippen LogP contribution in [0.15, 0.2) is 42.6 Å². The van der Waals surface area contributed by atoms with Crippen LogP contribution < -0.4 is 10.2 Å². The molecule has 1 aliphatic heterocycles. The fourth-order valence-corrected chi connectivity index (χ4v) is 3.10. The van der Waals surface area contributed by atoms with E-state index in [0.29, 0.717) is 12.4 Å². The molecule has 138 valence electrons. The summed E-state index contributed by atoms with van der Waals surface area (Å²) in [6, 6.07) is 12.1. The third-order valence-corrected chi connectivity index (χ3v) is 4.23. The molecule has 1 N–H and O–H groups in total. The topological polar surface area (TPSA) is 67.3 Å². The Balaban J connectivity index is 1.68. The normalized spacial score (nSPS) is 17.2. The number of carbonyl (C=O) groups is 1. The molecule has 1 aromatic heterocycles. The van der Waals surface area contributed by atoms with Crippen LogP contribution >= 0.6 is 0 Å². The predicted octanol–water partition coefficient (Wildman–Crippen LogP) is 3.64. The Hall–Kier alpha value is -2.63. The van der Waals surface area contributed by atoms with Crippen molar-refractivity contribution in [3.8, 4) is 11.4 Å². The van der Waals surface area contributed by atoms with E-state index in [9.17, 15) is 4.79 Å². The summed E-state index contributed by atoms with van der Waals surface area (Å²) in [7, 11) is 0. The maximum absolute atomic E-state index is 11.9. The minimum Gasteiger partial charge on any atom is -0.444 e. The van der Waals surface area contributed by atoms with E-state index < -0.39 is 5.60 Å². The maximum atomic E-state index is 11.9. The number of amides is 1. The lowest BCUT2D eigenvalue weighted by molar-refractivity contribution is 0.0525. The highest BCUT2D eigenvalue weighted by molar-refractivity contribution is 5.67. The molecule has 1 amide bonds. The van der Waals surface area contributed by atoms with Crippen molar-refractivity contribution in [1.29, 1.82) is 0 Å². The van der Waals surface area contributed by atoms with E-state index in [1.165, 1.54) is 0 Å². The minimum absolute atomic E-state index is 0.209. The van der Waals surface area contributed by atoms with E-state index in [1.807, 2.05) is 57.2 Å². The first-order chi connectivity index (χ1) is 12.4. The first kappa shape index (κ1) is 18.2. The first-order valence-electron chi connectivity index (χ1n) is 9.04. The lowest BCUT2D eigenvalue weighted by Crippen LogP contribution is -2.42. The summed E-state index contributed by atoms with van der Waals surface area (Å²) in [5.74, 6) is 1.61. The molecule has 2 aromatic rings. The Morgan fingerprint density at radius 3 is 2.77 bits per heavy atom. The van der Waals surface area contributed by atoms with Crippen LogP contribution in [0.2, 0.25) is 0 Å². The molecule has 3 rings (SSSR count). The molecule has 1 aromatic carbocycles. The second kappa shape index (κ2) is 7.72. The van der Waals surface area contributed by atoms with Gasteiger partial charge in [-0.2, -0.15) is 0 Å². The molecule has 1 fully saturated rings.